The summed E-state index contributed by atoms with van der Waals surface area (Å²) in [6.45, 7) is 14.6. The Bertz CT molecular complexity index is 805. The summed E-state index contributed by atoms with van der Waals surface area (Å²) in [5.74, 6) is -4.90. The Morgan fingerprint density at radius 2 is 1.48 bits per heavy atom. The Morgan fingerprint density at radius 1 is 1.00 bits per heavy atom. The van der Waals surface area contributed by atoms with E-state index in [2.05, 4.69) is 20.8 Å². The average molecular weight is 433 g/mol. The SMILES string of the molecule is CC(C)OC(=O)[C@H]1C(=O)C[C@](C)(O)[C@@H](C(=O)OC(C)C)[C@H]1c1ccc(C(C)(C)C)cc1. The molecule has 0 aliphatic heterocycles. The van der Waals surface area contributed by atoms with Crippen LogP contribution in [0, 0.1) is 11.8 Å². The number of Topliss-reactive ketones (excluding diaryl/α,β-unsaturated/α-hetero) is 1. The van der Waals surface area contributed by atoms with E-state index in [1.54, 1.807) is 27.7 Å². The summed E-state index contributed by atoms with van der Waals surface area (Å²) in [6.07, 6.45) is -1.13. The van der Waals surface area contributed by atoms with E-state index in [-0.39, 0.29) is 11.8 Å². The van der Waals surface area contributed by atoms with Gasteiger partial charge in [0, 0.05) is 12.3 Å². The number of ether oxygens (including phenoxy) is 2. The molecular weight excluding hydrogens is 396 g/mol. The van der Waals surface area contributed by atoms with E-state index in [1.165, 1.54) is 6.92 Å². The molecule has 0 unspecified atom stereocenters. The van der Waals surface area contributed by atoms with Gasteiger partial charge in [0.15, 0.2) is 5.78 Å². The molecule has 0 heterocycles. The first-order valence-corrected chi connectivity index (χ1v) is 10.9. The highest BCUT2D eigenvalue weighted by molar-refractivity contribution is 6.02. The largest absolute Gasteiger partial charge is 0.463 e. The van der Waals surface area contributed by atoms with E-state index in [0.29, 0.717) is 5.56 Å². The van der Waals surface area contributed by atoms with E-state index in [0.717, 1.165) is 5.56 Å². The van der Waals surface area contributed by atoms with Crippen LogP contribution in [0.15, 0.2) is 24.3 Å². The van der Waals surface area contributed by atoms with Crippen LogP contribution in [-0.4, -0.2) is 40.6 Å². The summed E-state index contributed by atoms with van der Waals surface area (Å²) in [5.41, 5.74) is -0.0332. The molecule has 1 fully saturated rings. The molecule has 0 aromatic heterocycles. The topological polar surface area (TPSA) is 89.9 Å². The second-order valence-electron chi connectivity index (χ2n) is 10.3. The third-order valence-corrected chi connectivity index (χ3v) is 5.64. The van der Waals surface area contributed by atoms with Gasteiger partial charge >= 0.3 is 11.9 Å². The Balaban J connectivity index is 2.63. The van der Waals surface area contributed by atoms with Crippen molar-refractivity contribution in [2.24, 2.45) is 11.8 Å². The molecule has 1 aromatic carbocycles. The molecule has 172 valence electrons. The summed E-state index contributed by atoms with van der Waals surface area (Å²) in [4.78, 5) is 39.1. The zero-order chi connectivity index (χ0) is 23.7. The molecule has 0 spiro atoms. The number of aliphatic hydroxyl groups is 1. The summed E-state index contributed by atoms with van der Waals surface area (Å²) in [7, 11) is 0. The number of rotatable bonds is 5. The molecule has 31 heavy (non-hydrogen) atoms. The van der Waals surface area contributed by atoms with Gasteiger partial charge in [0.05, 0.1) is 23.7 Å². The van der Waals surface area contributed by atoms with Crippen LogP contribution in [0.4, 0.5) is 0 Å². The van der Waals surface area contributed by atoms with Gasteiger partial charge < -0.3 is 14.6 Å². The molecular formula is C25H36O6. The van der Waals surface area contributed by atoms with Crippen molar-refractivity contribution >= 4 is 17.7 Å². The van der Waals surface area contributed by atoms with Gasteiger partial charge in [0.1, 0.15) is 5.92 Å². The highest BCUT2D eigenvalue weighted by Crippen LogP contribution is 2.47. The quantitative estimate of drug-likeness (QED) is 0.560. The maximum atomic E-state index is 13.1. The minimum Gasteiger partial charge on any atom is -0.463 e. The van der Waals surface area contributed by atoms with Crippen LogP contribution in [0.2, 0.25) is 0 Å². The highest BCUT2D eigenvalue weighted by Gasteiger charge is 2.57. The lowest BCUT2D eigenvalue weighted by atomic mass is 9.61. The van der Waals surface area contributed by atoms with Gasteiger partial charge in [-0.3, -0.25) is 14.4 Å². The summed E-state index contributed by atoms with van der Waals surface area (Å²) in [5, 5.41) is 11.1. The number of benzene rings is 1. The van der Waals surface area contributed by atoms with Gasteiger partial charge in [-0.25, -0.2) is 0 Å². The van der Waals surface area contributed by atoms with Gasteiger partial charge in [0.25, 0.3) is 0 Å². The van der Waals surface area contributed by atoms with E-state index in [1.807, 2.05) is 24.3 Å². The maximum absolute atomic E-state index is 13.1. The fraction of sp³-hybridized carbons (Fsp3) is 0.640. The molecule has 4 atom stereocenters. The van der Waals surface area contributed by atoms with Crippen LogP contribution >= 0.6 is 0 Å². The molecule has 0 bridgehead atoms. The molecule has 0 radical (unpaired) electrons. The van der Waals surface area contributed by atoms with Crippen molar-refractivity contribution in [1.29, 1.82) is 0 Å². The van der Waals surface area contributed by atoms with Crippen molar-refractivity contribution < 1.29 is 29.0 Å². The minimum absolute atomic E-state index is 0.0850. The minimum atomic E-state index is -1.65. The Labute approximate surface area is 185 Å². The van der Waals surface area contributed by atoms with Crippen LogP contribution in [0.1, 0.15) is 78.9 Å². The van der Waals surface area contributed by atoms with Crippen molar-refractivity contribution in [2.45, 2.75) is 91.0 Å². The van der Waals surface area contributed by atoms with Gasteiger partial charge in [0.2, 0.25) is 0 Å². The number of esters is 2. The lowest BCUT2D eigenvalue weighted by molar-refractivity contribution is -0.176. The molecule has 0 saturated heterocycles. The number of carbonyl (C=O) groups is 3. The fourth-order valence-corrected chi connectivity index (χ4v) is 4.23. The average Bonchev–Trinajstić information content (AvgIpc) is 2.57. The standard InChI is InChI=1S/C25H36O6/c1-14(2)30-22(27)20-18(26)13-25(8,29)21(23(28)31-15(3)4)19(20)16-9-11-17(12-10-16)24(5,6)7/h9-12,14-15,19-21,29H,13H2,1-8H3/t19-,20-,21+,25-/m0/s1. The fourth-order valence-electron chi connectivity index (χ4n) is 4.23. The highest BCUT2D eigenvalue weighted by atomic mass is 16.5. The molecule has 1 aromatic rings. The molecule has 1 N–H and O–H groups in total. The molecule has 1 saturated carbocycles. The van der Waals surface area contributed by atoms with E-state index in [4.69, 9.17) is 9.47 Å². The van der Waals surface area contributed by atoms with Crippen molar-refractivity contribution in [2.75, 3.05) is 0 Å². The second-order valence-corrected chi connectivity index (χ2v) is 10.3. The van der Waals surface area contributed by atoms with Crippen molar-refractivity contribution in [3.05, 3.63) is 35.4 Å². The first-order chi connectivity index (χ1) is 14.1. The van der Waals surface area contributed by atoms with Crippen LogP contribution in [-0.2, 0) is 29.3 Å². The maximum Gasteiger partial charge on any atom is 0.317 e. The number of hydrogen-bond acceptors (Lipinski definition) is 6. The predicted molar refractivity (Wildman–Crippen MR) is 118 cm³/mol. The van der Waals surface area contributed by atoms with Crippen LogP contribution in [0.3, 0.4) is 0 Å². The lowest BCUT2D eigenvalue weighted by Crippen LogP contribution is -2.55. The van der Waals surface area contributed by atoms with Crippen molar-refractivity contribution in [3.63, 3.8) is 0 Å². The molecule has 6 heteroatoms. The third kappa shape index (κ3) is 5.73. The zero-order valence-electron chi connectivity index (χ0n) is 19.9. The van der Waals surface area contributed by atoms with Gasteiger partial charge in [-0.15, -0.1) is 0 Å². The smallest absolute Gasteiger partial charge is 0.317 e. The number of carbonyl (C=O) groups excluding carboxylic acids is 3. The molecule has 2 rings (SSSR count). The Hall–Kier alpha value is -2.21. The monoisotopic (exact) mass is 432 g/mol. The summed E-state index contributed by atoms with van der Waals surface area (Å²) in [6, 6.07) is 7.51. The van der Waals surface area contributed by atoms with Gasteiger partial charge in [-0.1, -0.05) is 45.0 Å². The Kier molecular flexibility index (Phi) is 7.36. The second kappa shape index (κ2) is 9.11. The molecule has 1 aliphatic rings. The summed E-state index contributed by atoms with van der Waals surface area (Å²) >= 11 is 0. The summed E-state index contributed by atoms with van der Waals surface area (Å²) < 4.78 is 10.8. The van der Waals surface area contributed by atoms with Crippen LogP contribution < -0.4 is 0 Å². The third-order valence-electron chi connectivity index (χ3n) is 5.64. The zero-order valence-corrected chi connectivity index (χ0v) is 19.9. The van der Waals surface area contributed by atoms with Crippen molar-refractivity contribution in [1.82, 2.24) is 0 Å². The van der Waals surface area contributed by atoms with E-state index >= 15 is 0 Å². The van der Waals surface area contributed by atoms with Crippen molar-refractivity contribution in [3.8, 4) is 0 Å². The van der Waals surface area contributed by atoms with E-state index < -0.39 is 53.3 Å². The predicted octanol–water partition coefficient (Wildman–Crippen LogP) is 3.93. The normalized spacial score (nSPS) is 26.8. The van der Waals surface area contributed by atoms with Crippen LogP contribution in [0.25, 0.3) is 0 Å². The molecule has 6 nitrogen and oxygen atoms in total. The van der Waals surface area contributed by atoms with E-state index in [9.17, 15) is 19.5 Å². The Morgan fingerprint density at radius 3 is 1.94 bits per heavy atom. The van der Waals surface area contributed by atoms with Crippen LogP contribution in [0.5, 0.6) is 0 Å². The number of hydrogen-bond donors (Lipinski definition) is 1. The first-order valence-electron chi connectivity index (χ1n) is 10.9. The first kappa shape index (κ1) is 25.1. The molecule has 0 amide bonds. The van der Waals surface area contributed by atoms with Gasteiger partial charge in [-0.05, 0) is 51.2 Å². The molecule has 1 aliphatic carbocycles. The van der Waals surface area contributed by atoms with Gasteiger partial charge in [-0.2, -0.15) is 0 Å². The number of ketones is 1. The lowest BCUT2D eigenvalue weighted by Gasteiger charge is -2.44.